The van der Waals surface area contributed by atoms with Crippen molar-refractivity contribution in [3.63, 3.8) is 0 Å². The number of ether oxygens (including phenoxy) is 1. The lowest BCUT2D eigenvalue weighted by Crippen LogP contribution is -2.21. The van der Waals surface area contributed by atoms with Crippen molar-refractivity contribution < 1.29 is 14.3 Å². The van der Waals surface area contributed by atoms with E-state index in [-0.39, 0.29) is 12.4 Å². The van der Waals surface area contributed by atoms with Gasteiger partial charge in [-0.25, -0.2) is 0 Å². The molecule has 1 N–H and O–H groups in total. The zero-order valence-corrected chi connectivity index (χ0v) is 8.60. The fourth-order valence-electron chi connectivity index (χ4n) is 1.56. The van der Waals surface area contributed by atoms with E-state index in [1.165, 1.54) is 0 Å². The van der Waals surface area contributed by atoms with Crippen LogP contribution in [0.4, 0.5) is 5.69 Å². The molecule has 0 amide bonds. The van der Waals surface area contributed by atoms with E-state index in [1.54, 1.807) is 0 Å². The third-order valence-corrected chi connectivity index (χ3v) is 2.34. The van der Waals surface area contributed by atoms with Gasteiger partial charge < -0.3 is 10.1 Å². The highest BCUT2D eigenvalue weighted by atomic mass is 16.5. The molecule has 4 heteroatoms. The normalized spacial score (nSPS) is 19.4. The van der Waals surface area contributed by atoms with Gasteiger partial charge in [0.2, 0.25) is 0 Å². The number of rotatable bonds is 3. The van der Waals surface area contributed by atoms with E-state index in [9.17, 15) is 9.59 Å². The second-order valence-electron chi connectivity index (χ2n) is 3.52. The van der Waals surface area contributed by atoms with Gasteiger partial charge in [-0.1, -0.05) is 24.8 Å². The summed E-state index contributed by atoms with van der Waals surface area (Å²) in [6.45, 7) is 3.55. The van der Waals surface area contributed by atoms with Gasteiger partial charge in [-0.05, 0) is 12.1 Å². The Morgan fingerprint density at radius 2 is 2.00 bits per heavy atom. The summed E-state index contributed by atoms with van der Waals surface area (Å²) < 4.78 is 4.65. The third-order valence-electron chi connectivity index (χ3n) is 2.34. The van der Waals surface area contributed by atoms with Crippen LogP contribution in [-0.2, 0) is 14.3 Å². The van der Waals surface area contributed by atoms with Crippen LogP contribution in [0, 0.1) is 5.92 Å². The lowest BCUT2D eigenvalue weighted by Gasteiger charge is -2.11. The Balaban J connectivity index is 2.09. The summed E-state index contributed by atoms with van der Waals surface area (Å²) in [6.07, 6.45) is 0. The number of esters is 1. The third kappa shape index (κ3) is 1.95. The fraction of sp³-hybridized carbons (Fsp3) is 0.167. The Morgan fingerprint density at radius 3 is 2.56 bits per heavy atom. The number of hydrogen-bond donors (Lipinski definition) is 1. The van der Waals surface area contributed by atoms with Crippen LogP contribution in [0.25, 0.3) is 0 Å². The number of carbonyl (C=O) groups excluding carboxylic acids is 2. The van der Waals surface area contributed by atoms with Crippen LogP contribution in [0.2, 0.25) is 0 Å². The average molecular weight is 217 g/mol. The molecular weight excluding hydrogens is 206 g/mol. The second kappa shape index (κ2) is 4.18. The Labute approximate surface area is 92.9 Å². The molecule has 0 aliphatic carbocycles. The second-order valence-corrected chi connectivity index (χ2v) is 3.52. The van der Waals surface area contributed by atoms with Gasteiger partial charge in [0.25, 0.3) is 0 Å². The maximum absolute atomic E-state index is 11.4. The van der Waals surface area contributed by atoms with E-state index < -0.39 is 11.9 Å². The van der Waals surface area contributed by atoms with Crippen molar-refractivity contribution in [2.75, 3.05) is 11.9 Å². The molecule has 1 aliphatic rings. The predicted molar refractivity (Wildman–Crippen MR) is 58.7 cm³/mol. The predicted octanol–water partition coefficient (Wildman–Crippen LogP) is 1.35. The zero-order valence-electron chi connectivity index (χ0n) is 8.60. The fourth-order valence-corrected chi connectivity index (χ4v) is 1.56. The molecule has 16 heavy (non-hydrogen) atoms. The first kappa shape index (κ1) is 10.4. The van der Waals surface area contributed by atoms with Gasteiger partial charge in [0.15, 0.2) is 18.3 Å². The van der Waals surface area contributed by atoms with Gasteiger partial charge in [0.05, 0.1) is 0 Å². The van der Waals surface area contributed by atoms with Crippen LogP contribution in [0.3, 0.4) is 0 Å². The molecule has 1 heterocycles. The summed E-state index contributed by atoms with van der Waals surface area (Å²) in [6, 6.07) is 9.24. The molecule has 0 radical (unpaired) electrons. The first-order valence-corrected chi connectivity index (χ1v) is 4.88. The molecule has 82 valence electrons. The molecule has 1 saturated heterocycles. The lowest BCUT2D eigenvalue weighted by atomic mass is 10.0. The molecule has 1 fully saturated rings. The van der Waals surface area contributed by atoms with Gasteiger partial charge in [0.1, 0.15) is 0 Å². The van der Waals surface area contributed by atoms with E-state index >= 15 is 0 Å². The summed E-state index contributed by atoms with van der Waals surface area (Å²) in [5.41, 5.74) is 1.15. The molecule has 0 unspecified atom stereocenters. The topological polar surface area (TPSA) is 55.4 Å². The van der Waals surface area contributed by atoms with Gasteiger partial charge in [-0.15, -0.1) is 0 Å². The number of Topliss-reactive ketones (excluding diaryl/α,β-unsaturated/α-hetero) is 1. The van der Waals surface area contributed by atoms with Crippen LogP contribution in [0.1, 0.15) is 0 Å². The van der Waals surface area contributed by atoms with Gasteiger partial charge >= 0.3 is 5.97 Å². The van der Waals surface area contributed by atoms with E-state index in [4.69, 9.17) is 0 Å². The lowest BCUT2D eigenvalue weighted by molar-refractivity contribution is -0.140. The number of carbonyl (C=O) groups is 2. The highest BCUT2D eigenvalue weighted by Gasteiger charge is 2.37. The minimum atomic E-state index is -0.875. The SMILES string of the molecule is C=C(Nc1ccccc1)[C@H]1C(=O)COC1=O. The molecule has 1 aliphatic heterocycles. The number of anilines is 1. The van der Waals surface area contributed by atoms with Crippen molar-refractivity contribution >= 4 is 17.4 Å². The maximum atomic E-state index is 11.4. The van der Waals surface area contributed by atoms with Crippen molar-refractivity contribution in [1.29, 1.82) is 0 Å². The molecule has 1 aromatic carbocycles. The molecule has 1 aromatic rings. The molecule has 2 rings (SSSR count). The monoisotopic (exact) mass is 217 g/mol. The highest BCUT2D eigenvalue weighted by Crippen LogP contribution is 2.20. The van der Waals surface area contributed by atoms with Crippen molar-refractivity contribution in [1.82, 2.24) is 0 Å². The van der Waals surface area contributed by atoms with Gasteiger partial charge in [-0.2, -0.15) is 0 Å². The van der Waals surface area contributed by atoms with E-state index in [1.807, 2.05) is 30.3 Å². The number of ketones is 1. The van der Waals surface area contributed by atoms with Crippen molar-refractivity contribution in [3.05, 3.63) is 42.6 Å². The zero-order chi connectivity index (χ0) is 11.5. The van der Waals surface area contributed by atoms with Crippen LogP contribution in [0.15, 0.2) is 42.6 Å². The number of cyclic esters (lactones) is 1. The van der Waals surface area contributed by atoms with Crippen LogP contribution in [0.5, 0.6) is 0 Å². The van der Waals surface area contributed by atoms with Gasteiger partial charge in [0, 0.05) is 11.4 Å². The first-order valence-electron chi connectivity index (χ1n) is 4.88. The van der Waals surface area contributed by atoms with Crippen LogP contribution >= 0.6 is 0 Å². The molecule has 0 bridgehead atoms. The maximum Gasteiger partial charge on any atom is 0.323 e. The minimum absolute atomic E-state index is 0.154. The van der Waals surface area contributed by atoms with Crippen molar-refractivity contribution in [3.8, 4) is 0 Å². The van der Waals surface area contributed by atoms with E-state index in [0.717, 1.165) is 5.69 Å². The number of hydrogen-bond acceptors (Lipinski definition) is 4. The van der Waals surface area contributed by atoms with Crippen molar-refractivity contribution in [2.45, 2.75) is 0 Å². The number of nitrogens with one attached hydrogen (secondary N) is 1. The smallest absolute Gasteiger partial charge is 0.323 e. The van der Waals surface area contributed by atoms with Crippen molar-refractivity contribution in [2.24, 2.45) is 5.92 Å². The molecular formula is C12H11NO3. The molecule has 1 atom stereocenters. The largest absolute Gasteiger partial charge is 0.457 e. The Hall–Kier alpha value is -2.10. The molecule has 0 aromatic heterocycles. The number of para-hydroxylation sites is 1. The molecule has 0 saturated carbocycles. The Kier molecular flexibility index (Phi) is 2.72. The summed E-state index contributed by atoms with van der Waals surface area (Å²) in [7, 11) is 0. The first-order chi connectivity index (χ1) is 7.68. The van der Waals surface area contributed by atoms with E-state index in [2.05, 4.69) is 16.6 Å². The average Bonchev–Trinajstić information content (AvgIpc) is 2.60. The molecule has 0 spiro atoms. The van der Waals surface area contributed by atoms with Crippen LogP contribution < -0.4 is 5.32 Å². The van der Waals surface area contributed by atoms with E-state index in [0.29, 0.717) is 5.70 Å². The summed E-state index contributed by atoms with van der Waals surface area (Å²) in [4.78, 5) is 22.6. The Bertz CT molecular complexity index is 423. The van der Waals surface area contributed by atoms with Crippen LogP contribution in [-0.4, -0.2) is 18.4 Å². The summed E-state index contributed by atoms with van der Waals surface area (Å²) in [5.74, 6) is -1.66. The Morgan fingerprint density at radius 1 is 1.31 bits per heavy atom. The van der Waals surface area contributed by atoms with Gasteiger partial charge in [-0.3, -0.25) is 9.59 Å². The quantitative estimate of drug-likeness (QED) is 0.613. The number of benzene rings is 1. The molecule has 4 nitrogen and oxygen atoms in total. The summed E-state index contributed by atoms with van der Waals surface area (Å²) >= 11 is 0. The summed E-state index contributed by atoms with van der Waals surface area (Å²) in [5, 5.41) is 2.93. The minimum Gasteiger partial charge on any atom is -0.457 e. The highest BCUT2D eigenvalue weighted by molar-refractivity contribution is 6.07. The standard InChI is InChI=1S/C12H11NO3/c1-8(11-10(14)7-16-12(11)15)13-9-5-3-2-4-6-9/h2-6,11,13H,1,7H2/t11-/m0/s1.